The minimum Gasteiger partial charge on any atom is -0.299 e. The molecule has 3 aromatic rings. The number of ketones is 1. The third-order valence-corrected chi connectivity index (χ3v) is 3.72. The number of halogens is 1. The molecule has 0 amide bonds. The van der Waals surface area contributed by atoms with E-state index in [9.17, 15) is 4.79 Å². The maximum Gasteiger partial charge on any atom is 0.160 e. The van der Waals surface area contributed by atoms with Crippen LogP contribution in [0.4, 0.5) is 0 Å². The Labute approximate surface area is 119 Å². The number of imidazole rings is 1. The number of carbonyl (C=O) groups is 1. The van der Waals surface area contributed by atoms with Crippen LogP contribution in [-0.4, -0.2) is 15.3 Å². The Balaban J connectivity index is 2.17. The lowest BCUT2D eigenvalue weighted by Crippen LogP contribution is -1.97. The normalized spacial score (nSPS) is 10.8. The van der Waals surface area contributed by atoms with Crippen molar-refractivity contribution >= 4 is 32.7 Å². The fourth-order valence-electron chi connectivity index (χ4n) is 2.10. The second-order valence-corrected chi connectivity index (χ2v) is 5.18. The van der Waals surface area contributed by atoms with Crippen LogP contribution in [0.15, 0.2) is 53.3 Å². The molecule has 94 valence electrons. The van der Waals surface area contributed by atoms with Gasteiger partial charge in [0.2, 0.25) is 0 Å². The van der Waals surface area contributed by atoms with Gasteiger partial charge in [-0.1, -0.05) is 12.1 Å². The highest BCUT2D eigenvalue weighted by Gasteiger charge is 2.08. The zero-order chi connectivity index (χ0) is 13.4. The number of carbonyl (C=O) groups excluding carboxylic acids is 1. The number of hydrogen-bond donors (Lipinski definition) is 0. The van der Waals surface area contributed by atoms with E-state index >= 15 is 0 Å². The van der Waals surface area contributed by atoms with Gasteiger partial charge in [0.1, 0.15) is 6.33 Å². The number of fused-ring (bicyclic) bond motifs is 1. The second-order valence-electron chi connectivity index (χ2n) is 4.32. The Morgan fingerprint density at radius 1 is 1.21 bits per heavy atom. The summed E-state index contributed by atoms with van der Waals surface area (Å²) in [6.45, 7) is 1.56. The van der Waals surface area contributed by atoms with Crippen LogP contribution in [0, 0.1) is 0 Å². The van der Waals surface area contributed by atoms with E-state index in [4.69, 9.17) is 0 Å². The number of nitrogens with zero attached hydrogens (tertiary/aromatic N) is 2. The molecule has 0 aliphatic heterocycles. The Morgan fingerprint density at radius 3 is 2.74 bits per heavy atom. The SMILES string of the molecule is CC(=O)c1ccc(-n2cnc3ccccc32)cc1Br. The van der Waals surface area contributed by atoms with Gasteiger partial charge in [0.15, 0.2) is 5.78 Å². The summed E-state index contributed by atoms with van der Waals surface area (Å²) in [5.41, 5.74) is 3.66. The Kier molecular flexibility index (Phi) is 2.95. The molecule has 0 aliphatic rings. The molecule has 3 rings (SSSR count). The average Bonchev–Trinajstić information content (AvgIpc) is 2.82. The molecule has 1 heterocycles. The number of aromatic nitrogens is 2. The molecular formula is C15H11BrN2O. The maximum atomic E-state index is 11.4. The van der Waals surface area contributed by atoms with E-state index < -0.39 is 0 Å². The minimum atomic E-state index is 0.0499. The van der Waals surface area contributed by atoms with Crippen molar-refractivity contribution < 1.29 is 4.79 Å². The Hall–Kier alpha value is -1.94. The lowest BCUT2D eigenvalue weighted by atomic mass is 10.1. The zero-order valence-corrected chi connectivity index (χ0v) is 11.9. The van der Waals surface area contributed by atoms with Gasteiger partial charge in [-0.15, -0.1) is 0 Å². The van der Waals surface area contributed by atoms with Gasteiger partial charge >= 0.3 is 0 Å². The number of benzene rings is 2. The third-order valence-electron chi connectivity index (χ3n) is 3.06. The third kappa shape index (κ3) is 2.08. The first-order valence-electron chi connectivity index (χ1n) is 5.90. The highest BCUT2D eigenvalue weighted by Crippen LogP contribution is 2.24. The Morgan fingerprint density at radius 2 is 2.00 bits per heavy atom. The van der Waals surface area contributed by atoms with Gasteiger partial charge in [-0.2, -0.15) is 0 Å². The van der Waals surface area contributed by atoms with Crippen LogP contribution in [0.3, 0.4) is 0 Å². The molecular weight excluding hydrogens is 304 g/mol. The number of Topliss-reactive ketones (excluding diaryl/α,β-unsaturated/α-hetero) is 1. The summed E-state index contributed by atoms with van der Waals surface area (Å²) in [5, 5.41) is 0. The molecule has 0 N–H and O–H groups in total. The second kappa shape index (κ2) is 4.63. The standard InChI is InChI=1S/C15H11BrN2O/c1-10(19)12-7-6-11(8-13(12)16)18-9-17-14-4-2-3-5-15(14)18/h2-9H,1H3. The molecule has 0 atom stereocenters. The van der Waals surface area contributed by atoms with E-state index in [1.165, 1.54) is 0 Å². The molecule has 0 bridgehead atoms. The largest absolute Gasteiger partial charge is 0.299 e. The van der Waals surface area contributed by atoms with Crippen molar-refractivity contribution in [2.45, 2.75) is 6.92 Å². The highest BCUT2D eigenvalue weighted by atomic mass is 79.9. The van der Waals surface area contributed by atoms with E-state index in [0.717, 1.165) is 21.2 Å². The van der Waals surface area contributed by atoms with Crippen LogP contribution in [-0.2, 0) is 0 Å². The van der Waals surface area contributed by atoms with Gasteiger partial charge in [0, 0.05) is 15.7 Å². The minimum absolute atomic E-state index is 0.0499. The van der Waals surface area contributed by atoms with E-state index in [-0.39, 0.29) is 5.78 Å². The first kappa shape index (κ1) is 12.1. The Bertz CT molecular complexity index is 777. The molecule has 4 heteroatoms. The molecule has 0 saturated carbocycles. The molecule has 0 unspecified atom stereocenters. The lowest BCUT2D eigenvalue weighted by molar-refractivity contribution is 0.101. The number of rotatable bonds is 2. The van der Waals surface area contributed by atoms with Gasteiger partial charge < -0.3 is 0 Å². The molecule has 0 aliphatic carbocycles. The lowest BCUT2D eigenvalue weighted by Gasteiger charge is -2.07. The monoisotopic (exact) mass is 314 g/mol. The summed E-state index contributed by atoms with van der Waals surface area (Å²) in [4.78, 5) is 15.8. The summed E-state index contributed by atoms with van der Waals surface area (Å²) >= 11 is 3.44. The van der Waals surface area contributed by atoms with Crippen molar-refractivity contribution in [2.75, 3.05) is 0 Å². The van der Waals surface area contributed by atoms with Crippen LogP contribution in [0.5, 0.6) is 0 Å². The van der Waals surface area contributed by atoms with E-state index in [0.29, 0.717) is 5.56 Å². The molecule has 0 saturated heterocycles. The summed E-state index contributed by atoms with van der Waals surface area (Å²) in [6, 6.07) is 13.6. The molecule has 0 spiro atoms. The summed E-state index contributed by atoms with van der Waals surface area (Å²) < 4.78 is 2.81. The quantitative estimate of drug-likeness (QED) is 0.670. The molecule has 0 fully saturated rings. The van der Waals surface area contributed by atoms with Crippen LogP contribution in [0.2, 0.25) is 0 Å². The molecule has 1 aromatic heterocycles. The summed E-state index contributed by atoms with van der Waals surface area (Å²) in [5.74, 6) is 0.0499. The van der Waals surface area contributed by atoms with Crippen molar-refractivity contribution in [1.29, 1.82) is 0 Å². The van der Waals surface area contributed by atoms with Crippen molar-refractivity contribution in [3.8, 4) is 5.69 Å². The van der Waals surface area contributed by atoms with Crippen molar-refractivity contribution in [3.63, 3.8) is 0 Å². The molecule has 0 radical (unpaired) electrons. The smallest absolute Gasteiger partial charge is 0.160 e. The first-order valence-corrected chi connectivity index (χ1v) is 6.69. The molecule has 19 heavy (non-hydrogen) atoms. The fraction of sp³-hybridized carbons (Fsp3) is 0.0667. The maximum absolute atomic E-state index is 11.4. The van der Waals surface area contributed by atoms with Gasteiger partial charge in [-0.05, 0) is 53.2 Å². The fourth-order valence-corrected chi connectivity index (χ4v) is 2.75. The average molecular weight is 315 g/mol. The van der Waals surface area contributed by atoms with E-state index in [1.807, 2.05) is 47.0 Å². The predicted octanol–water partition coefficient (Wildman–Crippen LogP) is 3.99. The number of para-hydroxylation sites is 2. The van der Waals surface area contributed by atoms with E-state index in [2.05, 4.69) is 20.9 Å². The zero-order valence-electron chi connectivity index (χ0n) is 10.3. The van der Waals surface area contributed by atoms with Crippen LogP contribution in [0.25, 0.3) is 16.7 Å². The predicted molar refractivity (Wildman–Crippen MR) is 78.8 cm³/mol. The summed E-state index contributed by atoms with van der Waals surface area (Å²) in [7, 11) is 0. The van der Waals surface area contributed by atoms with Crippen LogP contribution >= 0.6 is 15.9 Å². The molecule has 2 aromatic carbocycles. The van der Waals surface area contributed by atoms with Crippen LogP contribution in [0.1, 0.15) is 17.3 Å². The number of hydrogen-bond acceptors (Lipinski definition) is 2. The topological polar surface area (TPSA) is 34.9 Å². The molecule has 3 nitrogen and oxygen atoms in total. The van der Waals surface area contributed by atoms with Crippen molar-refractivity contribution in [2.24, 2.45) is 0 Å². The van der Waals surface area contributed by atoms with Crippen molar-refractivity contribution in [3.05, 3.63) is 58.8 Å². The van der Waals surface area contributed by atoms with Gasteiger partial charge in [-0.3, -0.25) is 9.36 Å². The van der Waals surface area contributed by atoms with Gasteiger partial charge in [-0.25, -0.2) is 4.98 Å². The highest BCUT2D eigenvalue weighted by molar-refractivity contribution is 9.10. The van der Waals surface area contributed by atoms with Crippen LogP contribution < -0.4 is 0 Å². The van der Waals surface area contributed by atoms with Crippen molar-refractivity contribution in [1.82, 2.24) is 9.55 Å². The van der Waals surface area contributed by atoms with Gasteiger partial charge in [0.25, 0.3) is 0 Å². The van der Waals surface area contributed by atoms with Gasteiger partial charge in [0.05, 0.1) is 11.0 Å². The first-order chi connectivity index (χ1) is 9.16. The van der Waals surface area contributed by atoms with E-state index in [1.54, 1.807) is 13.3 Å². The summed E-state index contributed by atoms with van der Waals surface area (Å²) in [6.07, 6.45) is 1.79.